The molecule has 0 amide bonds. The van der Waals surface area contributed by atoms with E-state index in [2.05, 4.69) is 19.1 Å². The molecular formula is C23H31F. The molecule has 1 aromatic carbocycles. The lowest BCUT2D eigenvalue weighted by Crippen LogP contribution is -2.18. The van der Waals surface area contributed by atoms with Gasteiger partial charge in [0.15, 0.2) is 5.67 Å². The molecule has 130 valence electrons. The number of rotatable bonds is 6. The third-order valence-electron chi connectivity index (χ3n) is 5.95. The van der Waals surface area contributed by atoms with Gasteiger partial charge in [0.2, 0.25) is 0 Å². The van der Waals surface area contributed by atoms with Gasteiger partial charge in [0.25, 0.3) is 0 Å². The minimum absolute atomic E-state index is 0.450. The first-order valence-corrected chi connectivity index (χ1v) is 9.85. The number of unbranched alkanes of at least 4 members (excludes halogenated alkanes) is 2. The van der Waals surface area contributed by atoms with Crippen molar-refractivity contribution < 1.29 is 4.39 Å². The summed E-state index contributed by atoms with van der Waals surface area (Å²) < 4.78 is 14.9. The molecule has 0 N–H and O–H groups in total. The summed E-state index contributed by atoms with van der Waals surface area (Å²) in [7, 11) is 0. The smallest absolute Gasteiger partial charge is 0.157 e. The Hall–Kier alpha value is -1.37. The summed E-state index contributed by atoms with van der Waals surface area (Å²) in [6, 6.07) is 8.36. The molecular weight excluding hydrogens is 295 g/mol. The summed E-state index contributed by atoms with van der Waals surface area (Å²) in [5, 5.41) is 0. The third kappa shape index (κ3) is 4.18. The van der Waals surface area contributed by atoms with Crippen LogP contribution in [0.3, 0.4) is 0 Å². The molecule has 3 rings (SSSR count). The second kappa shape index (κ2) is 8.14. The van der Waals surface area contributed by atoms with Gasteiger partial charge in [0.1, 0.15) is 0 Å². The Morgan fingerprint density at radius 1 is 1.00 bits per heavy atom. The zero-order valence-electron chi connectivity index (χ0n) is 15.0. The number of benzene rings is 1. The maximum atomic E-state index is 14.9. The van der Waals surface area contributed by atoms with Crippen molar-refractivity contribution in [3.05, 3.63) is 59.7 Å². The molecule has 0 saturated heterocycles. The lowest BCUT2D eigenvalue weighted by Gasteiger charge is -2.29. The van der Waals surface area contributed by atoms with E-state index >= 15 is 0 Å². The van der Waals surface area contributed by atoms with E-state index in [4.69, 9.17) is 0 Å². The summed E-state index contributed by atoms with van der Waals surface area (Å²) in [5.74, 6) is 1.62. The number of hydrogen-bond donors (Lipinski definition) is 0. The average Bonchev–Trinajstić information content (AvgIpc) is 2.63. The normalized spacial score (nSPS) is 29.8. The Morgan fingerprint density at radius 2 is 1.75 bits per heavy atom. The highest BCUT2D eigenvalue weighted by Crippen LogP contribution is 2.39. The van der Waals surface area contributed by atoms with E-state index in [0.717, 1.165) is 11.5 Å². The zero-order chi connectivity index (χ0) is 16.8. The average molecular weight is 326 g/mol. The predicted octanol–water partition coefficient (Wildman–Crippen LogP) is 7.22. The number of alkyl halides is 1. The molecule has 0 nitrogen and oxygen atoms in total. The SMILES string of the molecule is CCCCCC1CCC(c2ccc(C3(F)C=CC=CC3)cc2)CC1. The van der Waals surface area contributed by atoms with Crippen molar-refractivity contribution in [2.24, 2.45) is 5.92 Å². The number of halogens is 1. The highest BCUT2D eigenvalue weighted by molar-refractivity contribution is 5.35. The van der Waals surface area contributed by atoms with Crippen LogP contribution in [0.25, 0.3) is 0 Å². The van der Waals surface area contributed by atoms with Gasteiger partial charge < -0.3 is 0 Å². The van der Waals surface area contributed by atoms with Crippen LogP contribution in [-0.2, 0) is 5.67 Å². The van der Waals surface area contributed by atoms with Crippen molar-refractivity contribution in [1.82, 2.24) is 0 Å². The monoisotopic (exact) mass is 326 g/mol. The summed E-state index contributed by atoms with van der Waals surface area (Å²) in [6.07, 6.45) is 18.7. The Morgan fingerprint density at radius 3 is 2.38 bits per heavy atom. The molecule has 2 aliphatic rings. The number of allylic oxidation sites excluding steroid dienone is 4. The van der Waals surface area contributed by atoms with E-state index in [1.54, 1.807) is 6.08 Å². The van der Waals surface area contributed by atoms with Crippen LogP contribution in [0, 0.1) is 5.92 Å². The molecule has 0 spiro atoms. The van der Waals surface area contributed by atoms with E-state index in [0.29, 0.717) is 12.3 Å². The molecule has 24 heavy (non-hydrogen) atoms. The van der Waals surface area contributed by atoms with Crippen LogP contribution < -0.4 is 0 Å². The van der Waals surface area contributed by atoms with Gasteiger partial charge in [-0.05, 0) is 54.7 Å². The molecule has 0 aliphatic heterocycles. The van der Waals surface area contributed by atoms with Crippen LogP contribution >= 0.6 is 0 Å². The second-order valence-electron chi connectivity index (χ2n) is 7.69. The predicted molar refractivity (Wildman–Crippen MR) is 101 cm³/mol. The van der Waals surface area contributed by atoms with Crippen molar-refractivity contribution in [1.29, 1.82) is 0 Å². The molecule has 0 bridgehead atoms. The second-order valence-corrected chi connectivity index (χ2v) is 7.69. The molecule has 1 fully saturated rings. The van der Waals surface area contributed by atoms with Crippen LogP contribution in [-0.4, -0.2) is 0 Å². The van der Waals surface area contributed by atoms with Gasteiger partial charge in [-0.2, -0.15) is 0 Å². The molecule has 1 aromatic rings. The summed E-state index contributed by atoms with van der Waals surface area (Å²) in [6.45, 7) is 2.28. The molecule has 1 saturated carbocycles. The summed E-state index contributed by atoms with van der Waals surface area (Å²) in [4.78, 5) is 0. The van der Waals surface area contributed by atoms with Gasteiger partial charge in [-0.1, -0.05) is 75.1 Å². The van der Waals surface area contributed by atoms with Gasteiger partial charge in [0.05, 0.1) is 0 Å². The topological polar surface area (TPSA) is 0 Å². The van der Waals surface area contributed by atoms with Gasteiger partial charge in [0, 0.05) is 6.42 Å². The third-order valence-corrected chi connectivity index (χ3v) is 5.95. The largest absolute Gasteiger partial charge is 0.234 e. The minimum atomic E-state index is -1.32. The van der Waals surface area contributed by atoms with Gasteiger partial charge in [-0.15, -0.1) is 0 Å². The summed E-state index contributed by atoms with van der Waals surface area (Å²) in [5.41, 5.74) is 0.884. The molecule has 1 atom stereocenters. The van der Waals surface area contributed by atoms with Crippen LogP contribution in [0.15, 0.2) is 48.6 Å². The molecule has 1 heteroatoms. The lowest BCUT2D eigenvalue weighted by molar-refractivity contribution is 0.235. The first-order chi connectivity index (χ1) is 11.7. The summed E-state index contributed by atoms with van der Waals surface area (Å²) >= 11 is 0. The van der Waals surface area contributed by atoms with Gasteiger partial charge in [-0.3, -0.25) is 0 Å². The van der Waals surface area contributed by atoms with E-state index in [1.807, 2.05) is 30.4 Å². The maximum absolute atomic E-state index is 14.9. The van der Waals surface area contributed by atoms with Gasteiger partial charge in [-0.25, -0.2) is 4.39 Å². The van der Waals surface area contributed by atoms with Crippen LogP contribution in [0.5, 0.6) is 0 Å². The molecule has 0 aromatic heterocycles. The molecule has 2 aliphatic carbocycles. The van der Waals surface area contributed by atoms with Crippen LogP contribution in [0.4, 0.5) is 4.39 Å². The quantitative estimate of drug-likeness (QED) is 0.484. The van der Waals surface area contributed by atoms with Crippen molar-refractivity contribution in [2.45, 2.75) is 76.3 Å². The number of hydrogen-bond acceptors (Lipinski definition) is 0. The fraction of sp³-hybridized carbons (Fsp3) is 0.565. The molecule has 0 heterocycles. The van der Waals surface area contributed by atoms with E-state index in [9.17, 15) is 4.39 Å². The first kappa shape index (κ1) is 17.5. The molecule has 0 radical (unpaired) electrons. The Labute approximate surface area is 146 Å². The van der Waals surface area contributed by atoms with E-state index in [1.165, 1.54) is 56.9 Å². The standard InChI is InChI=1S/C23H31F/c1-2-3-5-8-19-9-11-20(12-10-19)21-13-15-22(16-14-21)23(24)17-6-4-7-18-23/h4,6-7,13-17,19-20H,2-3,5,8-12,18H2,1H3. The van der Waals surface area contributed by atoms with E-state index < -0.39 is 5.67 Å². The van der Waals surface area contributed by atoms with Crippen LogP contribution in [0.2, 0.25) is 0 Å². The van der Waals surface area contributed by atoms with Crippen molar-refractivity contribution in [3.8, 4) is 0 Å². The maximum Gasteiger partial charge on any atom is 0.157 e. The highest BCUT2D eigenvalue weighted by atomic mass is 19.1. The highest BCUT2D eigenvalue weighted by Gasteiger charge is 2.29. The van der Waals surface area contributed by atoms with E-state index in [-0.39, 0.29) is 0 Å². The van der Waals surface area contributed by atoms with Crippen LogP contribution in [0.1, 0.15) is 81.8 Å². The van der Waals surface area contributed by atoms with Crippen molar-refractivity contribution >= 4 is 0 Å². The Bertz CT molecular complexity index is 560. The van der Waals surface area contributed by atoms with Crippen molar-refractivity contribution in [3.63, 3.8) is 0 Å². The van der Waals surface area contributed by atoms with Gasteiger partial charge >= 0.3 is 0 Å². The fourth-order valence-electron chi connectivity index (χ4n) is 4.31. The minimum Gasteiger partial charge on any atom is -0.234 e. The molecule has 1 unspecified atom stereocenters. The Balaban J connectivity index is 1.55. The lowest BCUT2D eigenvalue weighted by atomic mass is 9.76. The first-order valence-electron chi connectivity index (χ1n) is 9.85. The fourth-order valence-corrected chi connectivity index (χ4v) is 4.31. The Kier molecular flexibility index (Phi) is 5.92. The van der Waals surface area contributed by atoms with Crippen molar-refractivity contribution in [2.75, 3.05) is 0 Å². The zero-order valence-corrected chi connectivity index (χ0v) is 15.0.